The average molecular weight is 483 g/mol. The lowest BCUT2D eigenvalue weighted by Crippen LogP contribution is -2.00. The molecule has 3 aromatic carbocycles. The minimum absolute atomic E-state index is 0.0455. The quantitative estimate of drug-likeness (QED) is 0.276. The number of carbonyl (C=O) groups is 1. The number of aromatic nitrogens is 4. The Balaban J connectivity index is 1.30. The van der Waals surface area contributed by atoms with Crippen molar-refractivity contribution in [2.24, 2.45) is 0 Å². The minimum atomic E-state index is -0.190. The van der Waals surface area contributed by atoms with Crippen LogP contribution in [0.15, 0.2) is 78.2 Å². The number of nitrogens with one attached hydrogen (secondary N) is 1. The molecule has 5 aromatic rings. The molecule has 2 aromatic heterocycles. The molecule has 5 rings (SSSR count). The van der Waals surface area contributed by atoms with Gasteiger partial charge in [0.2, 0.25) is 5.82 Å². The molecule has 0 aliphatic carbocycles. The molecule has 0 aliphatic rings. The molecule has 0 unspecified atom stereocenters. The predicted molar refractivity (Wildman–Crippen MR) is 135 cm³/mol. The second-order valence-corrected chi connectivity index (χ2v) is 9.03. The Bertz CT molecular complexity index is 1450. The number of benzene rings is 3. The van der Waals surface area contributed by atoms with E-state index in [0.29, 0.717) is 23.7 Å². The van der Waals surface area contributed by atoms with Gasteiger partial charge in [0.15, 0.2) is 5.78 Å². The maximum Gasteiger partial charge on any atom is 0.204 e. The number of phenolic OH excluding ortho intramolecular Hbond substituents is 1. The van der Waals surface area contributed by atoms with Crippen molar-refractivity contribution in [2.45, 2.75) is 20.0 Å². The topological polar surface area (TPSA) is 101 Å². The molecule has 0 saturated carbocycles. The van der Waals surface area contributed by atoms with Gasteiger partial charge in [-0.15, -0.1) is 21.5 Å². The van der Waals surface area contributed by atoms with E-state index in [4.69, 9.17) is 4.74 Å². The van der Waals surface area contributed by atoms with Crippen LogP contribution in [0.5, 0.6) is 11.5 Å². The molecule has 0 amide bonds. The predicted octanol–water partition coefficient (Wildman–Crippen LogP) is 5.67. The van der Waals surface area contributed by atoms with Gasteiger partial charge >= 0.3 is 0 Å². The standard InChI is InChI=1S/C27H22N4O3S/c1-17(32)22-11-12-23(25(26(22)33)24-6-3-13-35-24)34-16-19-9-7-18(8-10-19)14-20-4-2-5-21(15-20)27-28-30-31-29-27/h2-13,15,33H,14,16H2,1H3,(H,28,29,30,31). The van der Waals surface area contributed by atoms with Crippen LogP contribution in [0, 0.1) is 0 Å². The van der Waals surface area contributed by atoms with Gasteiger partial charge in [-0.2, -0.15) is 5.21 Å². The first-order valence-corrected chi connectivity index (χ1v) is 11.9. The van der Waals surface area contributed by atoms with E-state index in [1.165, 1.54) is 23.8 Å². The van der Waals surface area contributed by atoms with Crippen LogP contribution in [-0.2, 0) is 13.0 Å². The normalized spacial score (nSPS) is 10.9. The third-order valence-electron chi connectivity index (χ3n) is 5.64. The SMILES string of the molecule is CC(=O)c1ccc(OCc2ccc(Cc3cccc(-c4nn[nH]n4)c3)cc2)c(-c2cccs2)c1O. The van der Waals surface area contributed by atoms with Crippen LogP contribution in [-0.4, -0.2) is 31.5 Å². The number of aromatic hydroxyl groups is 1. The monoisotopic (exact) mass is 482 g/mol. The summed E-state index contributed by atoms with van der Waals surface area (Å²) in [6.45, 7) is 1.78. The first-order chi connectivity index (χ1) is 17.1. The van der Waals surface area contributed by atoms with E-state index in [9.17, 15) is 9.90 Å². The average Bonchev–Trinajstić information content (AvgIpc) is 3.58. The van der Waals surface area contributed by atoms with Crippen molar-refractivity contribution in [3.05, 3.63) is 100 Å². The Morgan fingerprint density at radius 2 is 1.83 bits per heavy atom. The van der Waals surface area contributed by atoms with Gasteiger partial charge in [0.1, 0.15) is 18.1 Å². The van der Waals surface area contributed by atoms with Gasteiger partial charge in [-0.25, -0.2) is 0 Å². The van der Waals surface area contributed by atoms with Crippen LogP contribution in [0.1, 0.15) is 34.0 Å². The second-order valence-electron chi connectivity index (χ2n) is 8.09. The fraction of sp³-hybridized carbons (Fsp3) is 0.111. The summed E-state index contributed by atoms with van der Waals surface area (Å²) in [6.07, 6.45) is 0.774. The van der Waals surface area contributed by atoms with Crippen LogP contribution < -0.4 is 4.74 Å². The first kappa shape index (κ1) is 22.5. The molecule has 2 heterocycles. The van der Waals surface area contributed by atoms with Crippen LogP contribution in [0.3, 0.4) is 0 Å². The van der Waals surface area contributed by atoms with Crippen molar-refractivity contribution >= 4 is 17.1 Å². The molecular formula is C27H22N4O3S. The number of nitrogens with zero attached hydrogens (tertiary/aromatic N) is 3. The van der Waals surface area contributed by atoms with Gasteiger partial charge < -0.3 is 9.84 Å². The number of rotatable bonds is 8. The van der Waals surface area contributed by atoms with Gasteiger partial charge in [0.25, 0.3) is 0 Å². The van der Waals surface area contributed by atoms with Crippen molar-refractivity contribution in [2.75, 3.05) is 0 Å². The van der Waals surface area contributed by atoms with Gasteiger partial charge in [0, 0.05) is 10.4 Å². The lowest BCUT2D eigenvalue weighted by Gasteiger charge is -2.14. The number of H-pyrrole nitrogens is 1. The fourth-order valence-electron chi connectivity index (χ4n) is 3.89. The third-order valence-corrected chi connectivity index (χ3v) is 6.53. The van der Waals surface area contributed by atoms with E-state index >= 15 is 0 Å². The smallest absolute Gasteiger partial charge is 0.204 e. The molecule has 2 N–H and O–H groups in total. The maximum absolute atomic E-state index is 11.9. The van der Waals surface area contributed by atoms with Crippen LogP contribution in [0.2, 0.25) is 0 Å². The van der Waals surface area contributed by atoms with Crippen molar-refractivity contribution in [3.63, 3.8) is 0 Å². The summed E-state index contributed by atoms with van der Waals surface area (Å²) in [5.41, 5.74) is 5.07. The van der Waals surface area contributed by atoms with Crippen molar-refractivity contribution in [1.29, 1.82) is 0 Å². The Labute approximate surface area is 206 Å². The van der Waals surface area contributed by atoms with Gasteiger partial charge in [-0.3, -0.25) is 4.79 Å². The zero-order chi connectivity index (χ0) is 24.2. The Morgan fingerprint density at radius 3 is 2.54 bits per heavy atom. The van der Waals surface area contributed by atoms with E-state index in [1.807, 2.05) is 41.8 Å². The Morgan fingerprint density at radius 1 is 1.00 bits per heavy atom. The number of ketones is 1. The summed E-state index contributed by atoms with van der Waals surface area (Å²) in [7, 11) is 0. The van der Waals surface area contributed by atoms with Crippen LogP contribution in [0.4, 0.5) is 0 Å². The molecule has 0 bridgehead atoms. The maximum atomic E-state index is 11.9. The van der Waals surface area contributed by atoms with Crippen LogP contribution >= 0.6 is 11.3 Å². The molecule has 8 heteroatoms. The molecule has 0 spiro atoms. The van der Waals surface area contributed by atoms with Gasteiger partial charge in [-0.05, 0) is 64.9 Å². The van der Waals surface area contributed by atoms with Gasteiger partial charge in [-0.1, -0.05) is 48.5 Å². The van der Waals surface area contributed by atoms with E-state index in [1.54, 1.807) is 12.1 Å². The number of aromatic amines is 1. The first-order valence-electron chi connectivity index (χ1n) is 11.0. The number of tetrazole rings is 1. The molecule has 174 valence electrons. The zero-order valence-electron chi connectivity index (χ0n) is 18.9. The molecule has 7 nitrogen and oxygen atoms in total. The molecule has 0 fully saturated rings. The number of Topliss-reactive ketones (excluding diaryl/α,β-unsaturated/α-hetero) is 1. The fourth-order valence-corrected chi connectivity index (χ4v) is 4.67. The van der Waals surface area contributed by atoms with Crippen LogP contribution in [0.25, 0.3) is 21.8 Å². The van der Waals surface area contributed by atoms with Crippen molar-refractivity contribution in [1.82, 2.24) is 20.6 Å². The summed E-state index contributed by atoms with van der Waals surface area (Å²) < 4.78 is 6.09. The minimum Gasteiger partial charge on any atom is -0.506 e. The molecule has 35 heavy (non-hydrogen) atoms. The molecule has 0 radical (unpaired) electrons. The van der Waals surface area contributed by atoms with E-state index < -0.39 is 0 Å². The van der Waals surface area contributed by atoms with Crippen molar-refractivity contribution < 1.29 is 14.6 Å². The highest BCUT2D eigenvalue weighted by Gasteiger charge is 2.19. The number of thiophene rings is 1. The number of hydrogen-bond donors (Lipinski definition) is 2. The Kier molecular flexibility index (Phi) is 6.36. The number of ether oxygens (including phenoxy) is 1. The molecule has 0 atom stereocenters. The van der Waals surface area contributed by atoms with Gasteiger partial charge in [0.05, 0.1) is 11.1 Å². The number of phenols is 1. The summed E-state index contributed by atoms with van der Waals surface area (Å²) in [5, 5.41) is 26.9. The zero-order valence-corrected chi connectivity index (χ0v) is 19.7. The summed E-state index contributed by atoms with van der Waals surface area (Å²) in [4.78, 5) is 12.8. The highest BCUT2D eigenvalue weighted by Crippen LogP contribution is 2.42. The number of carbonyl (C=O) groups excluding carboxylic acids is 1. The third kappa shape index (κ3) is 4.97. The molecule has 0 aliphatic heterocycles. The Hall–Kier alpha value is -4.30. The summed E-state index contributed by atoms with van der Waals surface area (Å²) in [5.74, 6) is 0.877. The summed E-state index contributed by atoms with van der Waals surface area (Å²) in [6, 6.07) is 23.5. The van der Waals surface area contributed by atoms with E-state index in [-0.39, 0.29) is 17.1 Å². The highest BCUT2D eigenvalue weighted by atomic mass is 32.1. The van der Waals surface area contributed by atoms with E-state index in [2.05, 4.69) is 44.9 Å². The largest absolute Gasteiger partial charge is 0.506 e. The van der Waals surface area contributed by atoms with Crippen molar-refractivity contribution in [3.8, 4) is 33.3 Å². The lowest BCUT2D eigenvalue weighted by atomic mass is 10.0. The lowest BCUT2D eigenvalue weighted by molar-refractivity contribution is 0.101. The number of hydrogen-bond acceptors (Lipinski definition) is 7. The highest BCUT2D eigenvalue weighted by molar-refractivity contribution is 7.13. The molecule has 0 saturated heterocycles. The molecular weight excluding hydrogens is 460 g/mol. The second kappa shape index (κ2) is 9.90. The van der Waals surface area contributed by atoms with E-state index in [0.717, 1.165) is 28.0 Å². The summed E-state index contributed by atoms with van der Waals surface area (Å²) >= 11 is 1.48.